The Bertz CT molecular complexity index is 578. The Morgan fingerprint density at radius 1 is 1.50 bits per heavy atom. The van der Waals surface area contributed by atoms with E-state index in [1.165, 1.54) is 4.73 Å². The van der Waals surface area contributed by atoms with Crippen LogP contribution < -0.4 is 4.84 Å². The summed E-state index contributed by atoms with van der Waals surface area (Å²) in [6.07, 6.45) is 1.96. The minimum atomic E-state index is -0.306. The van der Waals surface area contributed by atoms with Gasteiger partial charge < -0.3 is 4.84 Å². The molecule has 1 aromatic carbocycles. The Balaban J connectivity index is 2.50. The van der Waals surface area contributed by atoms with Crippen LogP contribution in [0.2, 0.25) is 0 Å². The molecule has 80 valence electrons. The summed E-state index contributed by atoms with van der Waals surface area (Å²) in [7, 11) is 0. The molecule has 16 heavy (non-hydrogen) atoms. The molecule has 0 aliphatic carbocycles. The van der Waals surface area contributed by atoms with Crippen LogP contribution in [0.4, 0.5) is 0 Å². The van der Waals surface area contributed by atoms with Gasteiger partial charge in [0.25, 0.3) is 0 Å². The van der Waals surface area contributed by atoms with Crippen LogP contribution in [-0.2, 0) is 4.79 Å². The predicted octanol–water partition coefficient (Wildman–Crippen LogP) is 1.88. The van der Waals surface area contributed by atoms with E-state index >= 15 is 0 Å². The first-order valence-corrected chi connectivity index (χ1v) is 4.97. The Morgan fingerprint density at radius 2 is 2.31 bits per heavy atom. The van der Waals surface area contributed by atoms with Gasteiger partial charge in [0.15, 0.2) is 0 Å². The SMILES string of the molecule is CCC(=O)On1ccc2c(C#N)cccc21. The molecule has 0 saturated heterocycles. The summed E-state index contributed by atoms with van der Waals surface area (Å²) >= 11 is 0. The highest BCUT2D eigenvalue weighted by atomic mass is 16.7. The fraction of sp³-hybridized carbons (Fsp3) is 0.167. The normalized spacial score (nSPS) is 10.0. The second kappa shape index (κ2) is 4.07. The van der Waals surface area contributed by atoms with Crippen LogP contribution in [0.3, 0.4) is 0 Å². The molecule has 1 aromatic heterocycles. The van der Waals surface area contributed by atoms with Crippen LogP contribution in [0.15, 0.2) is 30.5 Å². The largest absolute Gasteiger partial charge is 0.337 e. The van der Waals surface area contributed by atoms with E-state index in [0.717, 1.165) is 10.9 Å². The fourth-order valence-corrected chi connectivity index (χ4v) is 1.49. The van der Waals surface area contributed by atoms with Crippen LogP contribution in [0.1, 0.15) is 18.9 Å². The van der Waals surface area contributed by atoms with Crippen molar-refractivity contribution in [2.24, 2.45) is 0 Å². The monoisotopic (exact) mass is 214 g/mol. The molecular formula is C12H10N2O2. The molecule has 0 spiro atoms. The van der Waals surface area contributed by atoms with Crippen LogP contribution in [0.25, 0.3) is 10.9 Å². The Labute approximate surface area is 92.6 Å². The highest BCUT2D eigenvalue weighted by Gasteiger charge is 2.07. The van der Waals surface area contributed by atoms with E-state index in [1.54, 1.807) is 37.4 Å². The molecule has 0 bridgehead atoms. The van der Waals surface area contributed by atoms with Crippen molar-refractivity contribution in [3.8, 4) is 6.07 Å². The third kappa shape index (κ3) is 1.63. The molecule has 0 atom stereocenters. The van der Waals surface area contributed by atoms with E-state index < -0.39 is 0 Å². The van der Waals surface area contributed by atoms with Crippen LogP contribution in [0, 0.1) is 11.3 Å². The average molecular weight is 214 g/mol. The van der Waals surface area contributed by atoms with Gasteiger partial charge in [0, 0.05) is 18.0 Å². The summed E-state index contributed by atoms with van der Waals surface area (Å²) in [5, 5.41) is 9.69. The van der Waals surface area contributed by atoms with Gasteiger partial charge in [-0.15, -0.1) is 0 Å². The summed E-state index contributed by atoms with van der Waals surface area (Å²) < 4.78 is 1.39. The number of carbonyl (C=O) groups excluding carboxylic acids is 1. The van der Waals surface area contributed by atoms with Crippen molar-refractivity contribution < 1.29 is 9.63 Å². The number of rotatable bonds is 2. The summed E-state index contributed by atoms with van der Waals surface area (Å²) in [6, 6.07) is 9.15. The minimum absolute atomic E-state index is 0.306. The van der Waals surface area contributed by atoms with E-state index in [-0.39, 0.29) is 5.97 Å². The zero-order chi connectivity index (χ0) is 11.5. The molecule has 0 aliphatic heterocycles. The van der Waals surface area contributed by atoms with E-state index in [0.29, 0.717) is 12.0 Å². The molecule has 1 heterocycles. The van der Waals surface area contributed by atoms with Crippen LogP contribution in [-0.4, -0.2) is 10.7 Å². The number of hydrogen-bond donors (Lipinski definition) is 0. The number of hydrogen-bond acceptors (Lipinski definition) is 3. The van der Waals surface area contributed by atoms with Crippen molar-refractivity contribution in [1.82, 2.24) is 4.73 Å². The topological polar surface area (TPSA) is 55.0 Å². The Morgan fingerprint density at radius 3 is 3.00 bits per heavy atom. The molecule has 0 aliphatic rings. The van der Waals surface area contributed by atoms with Crippen molar-refractivity contribution in [3.63, 3.8) is 0 Å². The van der Waals surface area contributed by atoms with Gasteiger partial charge in [0.1, 0.15) is 0 Å². The quantitative estimate of drug-likeness (QED) is 0.766. The highest BCUT2D eigenvalue weighted by molar-refractivity contribution is 5.86. The number of aromatic nitrogens is 1. The maximum Gasteiger partial charge on any atom is 0.332 e. The molecule has 0 fully saturated rings. The zero-order valence-electron chi connectivity index (χ0n) is 8.80. The lowest BCUT2D eigenvalue weighted by Crippen LogP contribution is -2.17. The molecule has 4 nitrogen and oxygen atoms in total. The van der Waals surface area contributed by atoms with Gasteiger partial charge in [0.2, 0.25) is 0 Å². The predicted molar refractivity (Wildman–Crippen MR) is 58.5 cm³/mol. The molecular weight excluding hydrogens is 204 g/mol. The smallest absolute Gasteiger partial charge is 0.332 e. The first kappa shape index (κ1) is 10.2. The summed E-state index contributed by atoms with van der Waals surface area (Å²) in [5.41, 5.74) is 1.30. The number of fused-ring (bicyclic) bond motifs is 1. The third-order valence-electron chi connectivity index (χ3n) is 2.31. The summed E-state index contributed by atoms with van der Waals surface area (Å²) in [4.78, 5) is 16.3. The second-order valence-corrected chi connectivity index (χ2v) is 3.31. The molecule has 0 N–H and O–H groups in total. The van der Waals surface area contributed by atoms with Crippen LogP contribution in [0.5, 0.6) is 0 Å². The van der Waals surface area contributed by atoms with Gasteiger partial charge in [-0.2, -0.15) is 9.99 Å². The van der Waals surface area contributed by atoms with Crippen molar-refractivity contribution in [3.05, 3.63) is 36.0 Å². The lowest BCUT2D eigenvalue weighted by atomic mass is 10.1. The third-order valence-corrected chi connectivity index (χ3v) is 2.31. The number of carbonyl (C=O) groups is 1. The standard InChI is InChI=1S/C12H10N2O2/c1-2-12(15)16-14-7-6-10-9(8-13)4-3-5-11(10)14/h3-7H,2H2,1H3. The van der Waals surface area contributed by atoms with Gasteiger partial charge in [-0.3, -0.25) is 0 Å². The van der Waals surface area contributed by atoms with E-state index in [9.17, 15) is 4.79 Å². The molecule has 2 rings (SSSR count). The van der Waals surface area contributed by atoms with Crippen molar-refractivity contribution in [1.29, 1.82) is 5.26 Å². The lowest BCUT2D eigenvalue weighted by Gasteiger charge is -2.04. The van der Waals surface area contributed by atoms with Gasteiger partial charge in [0.05, 0.1) is 17.1 Å². The molecule has 0 amide bonds. The molecule has 4 heteroatoms. The maximum absolute atomic E-state index is 11.2. The molecule has 2 aromatic rings. The first-order valence-electron chi connectivity index (χ1n) is 4.97. The summed E-state index contributed by atoms with van der Waals surface area (Å²) in [6.45, 7) is 1.73. The average Bonchev–Trinajstić information content (AvgIpc) is 2.72. The number of nitriles is 1. The van der Waals surface area contributed by atoms with E-state index in [2.05, 4.69) is 6.07 Å². The maximum atomic E-state index is 11.2. The van der Waals surface area contributed by atoms with Crippen molar-refractivity contribution >= 4 is 16.9 Å². The van der Waals surface area contributed by atoms with Crippen LogP contribution >= 0.6 is 0 Å². The zero-order valence-corrected chi connectivity index (χ0v) is 8.80. The first-order chi connectivity index (χ1) is 7.76. The summed E-state index contributed by atoms with van der Waals surface area (Å²) in [5.74, 6) is -0.306. The van der Waals surface area contributed by atoms with Gasteiger partial charge in [-0.25, -0.2) is 4.79 Å². The highest BCUT2D eigenvalue weighted by Crippen LogP contribution is 2.18. The number of benzene rings is 1. The van der Waals surface area contributed by atoms with E-state index in [4.69, 9.17) is 10.1 Å². The van der Waals surface area contributed by atoms with E-state index in [1.807, 2.05) is 0 Å². The van der Waals surface area contributed by atoms with Crippen molar-refractivity contribution in [2.75, 3.05) is 0 Å². The van der Waals surface area contributed by atoms with Crippen molar-refractivity contribution in [2.45, 2.75) is 13.3 Å². The molecule has 0 radical (unpaired) electrons. The van der Waals surface area contributed by atoms with Gasteiger partial charge >= 0.3 is 5.97 Å². The molecule has 0 saturated carbocycles. The Kier molecular flexibility index (Phi) is 2.61. The molecule has 0 unspecified atom stereocenters. The minimum Gasteiger partial charge on any atom is -0.337 e. The Hall–Kier alpha value is -2.28. The second-order valence-electron chi connectivity index (χ2n) is 3.31. The lowest BCUT2D eigenvalue weighted by molar-refractivity contribution is -0.143. The fourth-order valence-electron chi connectivity index (χ4n) is 1.49. The number of nitrogens with zero attached hydrogens (tertiary/aromatic N) is 2. The van der Waals surface area contributed by atoms with Gasteiger partial charge in [-0.1, -0.05) is 13.0 Å². The van der Waals surface area contributed by atoms with Gasteiger partial charge in [-0.05, 0) is 18.2 Å².